The van der Waals surface area contributed by atoms with E-state index in [9.17, 15) is 18.3 Å². The second-order valence-electron chi connectivity index (χ2n) is 12.7. The van der Waals surface area contributed by atoms with Crippen molar-refractivity contribution in [3.8, 4) is 0 Å². The van der Waals surface area contributed by atoms with E-state index in [0.29, 0.717) is 5.69 Å². The van der Waals surface area contributed by atoms with Crippen LogP contribution in [-0.4, -0.2) is 37.3 Å². The van der Waals surface area contributed by atoms with Crippen molar-refractivity contribution in [3.05, 3.63) is 161 Å². The van der Waals surface area contributed by atoms with Gasteiger partial charge in [0.15, 0.2) is 6.29 Å². The summed E-state index contributed by atoms with van der Waals surface area (Å²) < 4.78 is 42.5. The van der Waals surface area contributed by atoms with Crippen LogP contribution in [0.5, 0.6) is 0 Å². The van der Waals surface area contributed by atoms with Crippen molar-refractivity contribution in [3.63, 3.8) is 0 Å². The van der Waals surface area contributed by atoms with E-state index in [2.05, 4.69) is 29.1 Å². The molecule has 264 valence electrons. The number of carbonyl (C=O) groups excluding carboxylic acids is 1. The van der Waals surface area contributed by atoms with Crippen molar-refractivity contribution in [2.45, 2.75) is 61.2 Å². The number of carbonyl (C=O) groups is 1. The molecule has 5 aromatic carbocycles. The van der Waals surface area contributed by atoms with Crippen LogP contribution in [0, 0.1) is 12.8 Å². The van der Waals surface area contributed by atoms with Gasteiger partial charge in [-0.05, 0) is 66.4 Å². The predicted octanol–water partition coefficient (Wildman–Crippen LogP) is 7.60. The molecule has 0 unspecified atom stereocenters. The molecule has 0 spiro atoms. The van der Waals surface area contributed by atoms with Crippen LogP contribution in [0.15, 0.2) is 143 Å². The first-order chi connectivity index (χ1) is 24.7. The fourth-order valence-electron chi connectivity index (χ4n) is 5.97. The maximum Gasteiger partial charge on any atom is 0.242 e. The quantitative estimate of drug-likeness (QED) is 0.107. The molecule has 0 radical (unpaired) electrons. The third-order valence-electron chi connectivity index (χ3n) is 8.96. The lowest BCUT2D eigenvalue weighted by Crippen LogP contribution is -2.45. The molecule has 0 saturated carbocycles. The lowest BCUT2D eigenvalue weighted by molar-refractivity contribution is -0.268. The number of hydrogen-bond acceptors (Lipinski definition) is 7. The van der Waals surface area contributed by atoms with Crippen LogP contribution < -0.4 is 10.0 Å². The van der Waals surface area contributed by atoms with E-state index in [1.54, 1.807) is 36.0 Å². The van der Waals surface area contributed by atoms with Crippen molar-refractivity contribution < 1.29 is 27.8 Å². The number of aryl methyl sites for hydroxylation is 1. The normalized spacial score (nSPS) is 19.7. The summed E-state index contributed by atoms with van der Waals surface area (Å²) >= 11 is 1.74. The third-order valence-corrected chi connectivity index (χ3v) is 11.5. The first-order valence-electron chi connectivity index (χ1n) is 16.9. The third kappa shape index (κ3) is 9.53. The smallest absolute Gasteiger partial charge is 0.242 e. The molecule has 8 nitrogen and oxygen atoms in total. The maximum absolute atomic E-state index is 13.7. The van der Waals surface area contributed by atoms with Gasteiger partial charge in [-0.2, -0.15) is 4.72 Å². The molecule has 0 bridgehead atoms. The molecule has 1 aliphatic heterocycles. The first-order valence-corrected chi connectivity index (χ1v) is 19.4. The average Bonchev–Trinajstić information content (AvgIpc) is 3.15. The molecule has 3 N–H and O–H groups in total. The van der Waals surface area contributed by atoms with E-state index in [1.165, 1.54) is 12.1 Å². The van der Waals surface area contributed by atoms with Gasteiger partial charge in [-0.3, -0.25) is 4.79 Å². The highest BCUT2D eigenvalue weighted by Crippen LogP contribution is 2.43. The Hall–Kier alpha value is -4.29. The van der Waals surface area contributed by atoms with Gasteiger partial charge >= 0.3 is 0 Å². The average molecular weight is 723 g/mol. The van der Waals surface area contributed by atoms with Crippen molar-refractivity contribution in [1.29, 1.82) is 0 Å². The minimum atomic E-state index is -3.98. The van der Waals surface area contributed by atoms with Gasteiger partial charge < -0.3 is 19.9 Å². The molecule has 5 aromatic rings. The van der Waals surface area contributed by atoms with Crippen molar-refractivity contribution in [2.24, 2.45) is 5.92 Å². The molecule has 1 fully saturated rings. The van der Waals surface area contributed by atoms with Crippen LogP contribution in [-0.2, 0) is 37.3 Å². The molecule has 0 aliphatic carbocycles. The molecule has 1 amide bonds. The van der Waals surface area contributed by atoms with Crippen molar-refractivity contribution in [1.82, 2.24) is 4.72 Å². The summed E-state index contributed by atoms with van der Waals surface area (Å²) in [5, 5.41) is 12.5. The number of thioether (sulfide) groups is 1. The number of anilines is 1. The van der Waals surface area contributed by atoms with E-state index in [1.807, 2.05) is 91.9 Å². The van der Waals surface area contributed by atoms with Gasteiger partial charge in [-0.15, -0.1) is 11.8 Å². The summed E-state index contributed by atoms with van der Waals surface area (Å²) in [5.41, 5.74) is 4.88. The van der Waals surface area contributed by atoms with Gasteiger partial charge in [0.05, 0.1) is 23.7 Å². The number of benzene rings is 5. The monoisotopic (exact) mass is 722 g/mol. The van der Waals surface area contributed by atoms with Crippen LogP contribution in [0.2, 0.25) is 0 Å². The number of nitrogens with one attached hydrogen (secondary N) is 2. The Balaban J connectivity index is 1.19. The van der Waals surface area contributed by atoms with E-state index in [4.69, 9.17) is 9.47 Å². The Morgan fingerprint density at radius 3 is 2.06 bits per heavy atom. The standard InChI is InChI=1S/C41H42N2O6S2/c1-28-13-23-36(24-14-28)51(46,47)43-37(25-30-9-5-3-6-10-30)40(45)42-34-21-19-33(20-22-34)41-48-38(27-50-35-11-7-4-8-12-35)29(2)39(49-41)32-17-15-31(26-44)16-18-32/h3-24,29,37-39,41,43-44H,25-27H2,1-2H3,(H,42,45)/t29-,37-,38+,39+,41+/m1/s1. The van der Waals surface area contributed by atoms with Crippen LogP contribution in [0.3, 0.4) is 0 Å². The highest BCUT2D eigenvalue weighted by Gasteiger charge is 2.38. The van der Waals surface area contributed by atoms with E-state index < -0.39 is 28.3 Å². The summed E-state index contributed by atoms with van der Waals surface area (Å²) in [5.74, 6) is 0.290. The predicted molar refractivity (Wildman–Crippen MR) is 201 cm³/mol. The fourth-order valence-corrected chi connectivity index (χ4v) is 8.25. The molecule has 10 heteroatoms. The lowest BCUT2D eigenvalue weighted by Gasteiger charge is -2.41. The van der Waals surface area contributed by atoms with E-state index in [-0.39, 0.29) is 36.0 Å². The van der Waals surface area contributed by atoms with Crippen molar-refractivity contribution in [2.75, 3.05) is 11.1 Å². The van der Waals surface area contributed by atoms with Gasteiger partial charge in [-0.1, -0.05) is 110 Å². The van der Waals surface area contributed by atoms with E-state index >= 15 is 0 Å². The Morgan fingerprint density at radius 1 is 0.784 bits per heavy atom. The molecular formula is C41H42N2O6S2. The van der Waals surface area contributed by atoms with Crippen LogP contribution in [0.4, 0.5) is 5.69 Å². The first kappa shape index (κ1) is 36.5. The number of hydrogen-bond donors (Lipinski definition) is 3. The Kier molecular flexibility index (Phi) is 12.0. The van der Waals surface area contributed by atoms with Crippen LogP contribution in [0.25, 0.3) is 0 Å². The highest BCUT2D eigenvalue weighted by atomic mass is 32.2. The van der Waals surface area contributed by atoms with Gasteiger partial charge in [0.25, 0.3) is 0 Å². The van der Waals surface area contributed by atoms with Gasteiger partial charge in [0.1, 0.15) is 6.04 Å². The number of ether oxygens (including phenoxy) is 2. The number of amides is 1. The zero-order valence-electron chi connectivity index (χ0n) is 28.5. The maximum atomic E-state index is 13.7. The fraction of sp³-hybridized carbons (Fsp3) is 0.244. The summed E-state index contributed by atoms with van der Waals surface area (Å²) in [6.45, 7) is 3.99. The number of rotatable bonds is 13. The van der Waals surface area contributed by atoms with Crippen LogP contribution >= 0.6 is 11.8 Å². The number of aliphatic hydroxyl groups excluding tert-OH is 1. The molecule has 6 rings (SSSR count). The summed E-state index contributed by atoms with van der Waals surface area (Å²) in [6, 6.07) is 40.0. The topological polar surface area (TPSA) is 114 Å². The molecular weight excluding hydrogens is 681 g/mol. The second-order valence-corrected chi connectivity index (χ2v) is 15.5. The van der Waals surface area contributed by atoms with Crippen LogP contribution in [0.1, 0.15) is 47.1 Å². The zero-order chi connectivity index (χ0) is 35.8. The summed E-state index contributed by atoms with van der Waals surface area (Å²) in [7, 11) is -3.98. The Morgan fingerprint density at radius 2 is 1.41 bits per heavy atom. The lowest BCUT2D eigenvalue weighted by atomic mass is 9.91. The SMILES string of the molecule is Cc1ccc(S(=O)(=O)N[C@H](Cc2ccccc2)C(=O)Nc2ccc([C@H]3O[C@@H](CSc4ccccc4)[C@@H](C)[C@@H](c4ccc(CO)cc4)O3)cc2)cc1. The molecule has 0 aromatic heterocycles. The second kappa shape index (κ2) is 16.8. The summed E-state index contributed by atoms with van der Waals surface area (Å²) in [6.07, 6.45) is -0.878. The minimum Gasteiger partial charge on any atom is -0.392 e. The van der Waals surface area contributed by atoms with Gasteiger partial charge in [0.2, 0.25) is 15.9 Å². The largest absolute Gasteiger partial charge is 0.392 e. The Labute approximate surface area is 304 Å². The molecule has 5 atom stereocenters. The van der Waals surface area contributed by atoms with Crippen molar-refractivity contribution >= 4 is 33.4 Å². The number of sulfonamides is 1. The highest BCUT2D eigenvalue weighted by molar-refractivity contribution is 7.99. The molecule has 1 heterocycles. The zero-order valence-corrected chi connectivity index (χ0v) is 30.1. The molecule has 1 aliphatic rings. The summed E-state index contributed by atoms with van der Waals surface area (Å²) in [4.78, 5) is 14.9. The number of aliphatic hydroxyl groups is 1. The molecule has 51 heavy (non-hydrogen) atoms. The van der Waals surface area contributed by atoms with Gasteiger partial charge in [-0.25, -0.2) is 8.42 Å². The van der Waals surface area contributed by atoms with Gasteiger partial charge in [0, 0.05) is 27.8 Å². The minimum absolute atomic E-state index is 0.0298. The van der Waals surface area contributed by atoms with E-state index in [0.717, 1.165) is 38.5 Å². The Bertz CT molecular complexity index is 1980. The molecule has 1 saturated heterocycles.